The highest BCUT2D eigenvalue weighted by Gasteiger charge is 2.54. The lowest BCUT2D eigenvalue weighted by atomic mass is 9.33. The van der Waals surface area contributed by atoms with Crippen LogP contribution in [0.1, 0.15) is 33.4 Å². The summed E-state index contributed by atoms with van der Waals surface area (Å²) in [5.41, 5.74) is 26.2. The van der Waals surface area contributed by atoms with Crippen molar-refractivity contribution in [1.82, 2.24) is 9.13 Å². The lowest BCUT2D eigenvalue weighted by Crippen LogP contribution is -2.60. The van der Waals surface area contributed by atoms with Crippen LogP contribution < -0.4 is 16.4 Å². The van der Waals surface area contributed by atoms with E-state index in [-0.39, 0.29) is 6.71 Å². The third kappa shape index (κ3) is 3.43. The smallest absolute Gasteiger partial charge is 0.252 e. The van der Waals surface area contributed by atoms with Crippen molar-refractivity contribution < 1.29 is 0 Å². The summed E-state index contributed by atoms with van der Waals surface area (Å²) in [4.78, 5) is 0. The van der Waals surface area contributed by atoms with Gasteiger partial charge in [0.1, 0.15) is 0 Å². The van der Waals surface area contributed by atoms with Gasteiger partial charge in [-0.2, -0.15) is 0 Å². The van der Waals surface area contributed by atoms with Gasteiger partial charge in [0.25, 0.3) is 6.71 Å². The maximum Gasteiger partial charge on any atom is 0.252 e. The average molecular weight is 759 g/mol. The number of nitrogens with zero attached hydrogens (tertiary/aromatic N) is 2. The Bertz CT molecular complexity index is 3750. The van der Waals surface area contributed by atoms with E-state index >= 15 is 0 Å². The second kappa shape index (κ2) is 10.6. The van der Waals surface area contributed by atoms with E-state index < -0.39 is 5.41 Å². The molecule has 4 aliphatic rings. The molecule has 0 radical (unpaired) electrons. The zero-order valence-electron chi connectivity index (χ0n) is 33.2. The van der Waals surface area contributed by atoms with Crippen LogP contribution >= 0.6 is 0 Å². The quantitative estimate of drug-likeness (QED) is 0.155. The molecule has 2 nitrogen and oxygen atoms in total. The predicted octanol–water partition coefficient (Wildman–Crippen LogP) is 11.7. The van der Waals surface area contributed by atoms with Gasteiger partial charge < -0.3 is 9.13 Å². The third-order valence-electron chi connectivity index (χ3n) is 14.7. The molecule has 0 unspecified atom stereocenters. The fraction of sp³-hybridized carbons (Fsp3) is 0.0526. The number of benzene rings is 9. The summed E-state index contributed by atoms with van der Waals surface area (Å²) < 4.78 is 5.40. The van der Waals surface area contributed by atoms with Gasteiger partial charge in [-0.15, -0.1) is 0 Å². The summed E-state index contributed by atoms with van der Waals surface area (Å²) >= 11 is 0. The van der Waals surface area contributed by atoms with Crippen LogP contribution in [0.2, 0.25) is 0 Å². The topological polar surface area (TPSA) is 9.86 Å². The van der Waals surface area contributed by atoms with Gasteiger partial charge in [-0.25, -0.2) is 0 Å². The van der Waals surface area contributed by atoms with Crippen LogP contribution in [0, 0.1) is 13.8 Å². The summed E-state index contributed by atoms with van der Waals surface area (Å²) in [6, 6.07) is 67.4. The van der Waals surface area contributed by atoms with E-state index in [0.29, 0.717) is 0 Å². The molecule has 0 saturated heterocycles. The fourth-order valence-corrected chi connectivity index (χ4v) is 12.8. The molecule has 9 aromatic carbocycles. The molecule has 1 spiro atoms. The molecular weight excluding hydrogens is 723 g/mol. The van der Waals surface area contributed by atoms with Crippen LogP contribution in [0.4, 0.5) is 0 Å². The van der Waals surface area contributed by atoms with Gasteiger partial charge >= 0.3 is 0 Å². The molecule has 0 N–H and O–H groups in total. The van der Waals surface area contributed by atoms with Crippen molar-refractivity contribution in [2.24, 2.45) is 0 Å². The van der Waals surface area contributed by atoms with Gasteiger partial charge in [0.2, 0.25) is 0 Å². The summed E-state index contributed by atoms with van der Waals surface area (Å²) in [6.07, 6.45) is 0. The Morgan fingerprint density at radius 1 is 0.450 bits per heavy atom. The lowest BCUT2D eigenvalue weighted by Gasteiger charge is -2.44. The van der Waals surface area contributed by atoms with E-state index in [0.717, 1.165) is 0 Å². The molecule has 15 rings (SSSR count). The molecule has 5 heterocycles. The normalized spacial score (nSPS) is 14.3. The van der Waals surface area contributed by atoms with Gasteiger partial charge in [0, 0.05) is 38.6 Å². The van der Waals surface area contributed by atoms with Gasteiger partial charge in [-0.1, -0.05) is 169 Å². The van der Waals surface area contributed by atoms with Gasteiger partial charge in [-0.3, -0.25) is 0 Å². The Kier molecular flexibility index (Phi) is 5.60. The van der Waals surface area contributed by atoms with Crippen molar-refractivity contribution >= 4 is 66.6 Å². The first-order valence-corrected chi connectivity index (χ1v) is 21.3. The number of hydrogen-bond acceptors (Lipinski definition) is 0. The molecule has 60 heavy (non-hydrogen) atoms. The highest BCUT2D eigenvalue weighted by molar-refractivity contribution is 7.00. The van der Waals surface area contributed by atoms with E-state index in [1.54, 1.807) is 0 Å². The molecule has 276 valence electrons. The molecule has 2 aromatic heterocycles. The summed E-state index contributed by atoms with van der Waals surface area (Å²) in [6.45, 7) is 4.63. The highest BCUT2D eigenvalue weighted by atomic mass is 15.1. The van der Waals surface area contributed by atoms with Gasteiger partial charge in [-0.05, 0) is 104 Å². The molecule has 3 heteroatoms. The number of aryl methyl sites for hydroxylation is 2. The molecule has 11 aromatic rings. The molecule has 1 aliphatic carbocycles. The van der Waals surface area contributed by atoms with Crippen molar-refractivity contribution in [1.29, 1.82) is 0 Å². The van der Waals surface area contributed by atoms with Crippen LogP contribution in [0.5, 0.6) is 0 Å². The largest absolute Gasteiger partial charge is 0.310 e. The monoisotopic (exact) mass is 758 g/mol. The predicted molar refractivity (Wildman–Crippen MR) is 251 cm³/mol. The maximum absolute atomic E-state index is 2.72. The Labute approximate surface area is 347 Å². The average Bonchev–Trinajstić information content (AvgIpc) is 3.92. The van der Waals surface area contributed by atoms with E-state index in [4.69, 9.17) is 0 Å². The van der Waals surface area contributed by atoms with Crippen molar-refractivity contribution in [3.63, 3.8) is 0 Å². The second-order valence-corrected chi connectivity index (χ2v) is 17.7. The Balaban J connectivity index is 1.23. The Hall–Kier alpha value is -7.36. The van der Waals surface area contributed by atoms with E-state index in [1.165, 1.54) is 138 Å². The molecule has 0 atom stereocenters. The number of hydrogen-bond donors (Lipinski definition) is 0. The molecule has 0 amide bonds. The minimum Gasteiger partial charge on any atom is -0.310 e. The van der Waals surface area contributed by atoms with Crippen LogP contribution in [-0.4, -0.2) is 15.8 Å². The third-order valence-corrected chi connectivity index (χ3v) is 14.7. The zero-order valence-corrected chi connectivity index (χ0v) is 33.2. The van der Waals surface area contributed by atoms with Crippen LogP contribution in [0.3, 0.4) is 0 Å². The minimum absolute atomic E-state index is 0.0301. The second-order valence-electron chi connectivity index (χ2n) is 17.7. The summed E-state index contributed by atoms with van der Waals surface area (Å²) in [7, 11) is 0. The van der Waals surface area contributed by atoms with Crippen molar-refractivity contribution in [3.8, 4) is 44.9 Å². The first-order chi connectivity index (χ1) is 29.6. The fourth-order valence-electron chi connectivity index (χ4n) is 12.8. The van der Waals surface area contributed by atoms with Crippen molar-refractivity contribution in [3.05, 3.63) is 209 Å². The van der Waals surface area contributed by atoms with E-state index in [2.05, 4.69) is 199 Å². The van der Waals surface area contributed by atoms with Crippen molar-refractivity contribution in [2.75, 3.05) is 0 Å². The molecule has 0 saturated carbocycles. The molecule has 3 aliphatic heterocycles. The number of fused-ring (bicyclic) bond motifs is 13. The summed E-state index contributed by atoms with van der Waals surface area (Å²) in [5, 5.41) is 6.62. The first-order valence-electron chi connectivity index (χ1n) is 21.3. The van der Waals surface area contributed by atoms with Crippen LogP contribution in [0.25, 0.3) is 88.4 Å². The Morgan fingerprint density at radius 2 is 1.07 bits per heavy atom. The SMILES string of the molecule is Cc1cc2c3c(c1)c1cc(C)cc4c1n3-c1c(ccc3c1B2c1cc2ccccc2c2c(-c5ccccc5)c(-c5ccccc5)n-3c12)C41c2ccccc2-c2ccccc21. The van der Waals surface area contributed by atoms with E-state index in [1.807, 2.05) is 0 Å². The minimum atomic E-state index is -0.490. The lowest BCUT2D eigenvalue weighted by molar-refractivity contribution is 0.748. The molecular formula is C57H35BN2. The van der Waals surface area contributed by atoms with Crippen molar-refractivity contribution in [2.45, 2.75) is 19.3 Å². The van der Waals surface area contributed by atoms with Crippen LogP contribution in [0.15, 0.2) is 176 Å². The summed E-state index contributed by atoms with van der Waals surface area (Å²) in [5.74, 6) is 0. The molecule has 0 bridgehead atoms. The number of aromatic nitrogens is 2. The number of rotatable bonds is 2. The van der Waals surface area contributed by atoms with Crippen LogP contribution in [-0.2, 0) is 5.41 Å². The van der Waals surface area contributed by atoms with Gasteiger partial charge in [0.15, 0.2) is 0 Å². The standard InChI is InChI=1S/C57H35BN2/c1-32-27-40-41-28-33(2)30-46-54(41)60-53(40)45(29-32)57(42-23-13-11-21-38(42)39-22-12-14-24-43(39)57)44-25-26-48-51(55(44)60)58(46)47-31-36-19-9-10-20-37(36)50-49(34-15-5-3-6-16-34)52(59(48)56(47)50)35-17-7-4-8-18-35/h3-31H,1-2H3. The highest BCUT2D eigenvalue weighted by Crippen LogP contribution is 2.62. The zero-order chi connectivity index (χ0) is 39.2. The molecule has 0 fully saturated rings. The van der Waals surface area contributed by atoms with E-state index in [9.17, 15) is 0 Å². The maximum atomic E-state index is 2.72. The first kappa shape index (κ1) is 31.6. The Morgan fingerprint density at radius 3 is 1.82 bits per heavy atom. The van der Waals surface area contributed by atoms with Gasteiger partial charge in [0.05, 0.1) is 22.1 Å².